The van der Waals surface area contributed by atoms with Crippen LogP contribution in [0.15, 0.2) is 30.3 Å². The van der Waals surface area contributed by atoms with Gasteiger partial charge in [-0.2, -0.15) is 0 Å². The van der Waals surface area contributed by atoms with E-state index in [9.17, 15) is 9.59 Å². The molecule has 1 aliphatic heterocycles. The monoisotopic (exact) mass is 370 g/mol. The first-order valence-corrected chi connectivity index (χ1v) is 8.70. The number of carbonyl (C=O) groups excluding carboxylic acids is 1. The van der Waals surface area contributed by atoms with Crippen molar-refractivity contribution in [3.05, 3.63) is 52.8 Å². The molecule has 7 nitrogen and oxygen atoms in total. The number of nitrogens with zero attached hydrogens (tertiary/aromatic N) is 2. The summed E-state index contributed by atoms with van der Waals surface area (Å²) in [6.45, 7) is 2.20. The number of hydrogen-bond donors (Lipinski definition) is 1. The predicted octanol–water partition coefficient (Wildman–Crippen LogP) is 3.08. The molecule has 1 saturated heterocycles. The summed E-state index contributed by atoms with van der Waals surface area (Å²) in [4.78, 5) is 30.2. The number of rotatable bonds is 5. The third-order valence-corrected chi connectivity index (χ3v) is 4.85. The number of amides is 1. The first-order valence-electron chi connectivity index (χ1n) is 8.70. The molecule has 0 radical (unpaired) electrons. The molecule has 1 unspecified atom stereocenters. The van der Waals surface area contributed by atoms with E-state index in [1.807, 2.05) is 12.1 Å². The number of ether oxygens (including phenoxy) is 2. The normalized spacial score (nSPS) is 16.3. The van der Waals surface area contributed by atoms with E-state index in [0.717, 1.165) is 18.4 Å². The lowest BCUT2D eigenvalue weighted by Gasteiger charge is -2.26. The summed E-state index contributed by atoms with van der Waals surface area (Å²) in [5.74, 6) is 0.0915. The maximum atomic E-state index is 13.0. The highest BCUT2D eigenvalue weighted by Gasteiger charge is 2.33. The van der Waals surface area contributed by atoms with Gasteiger partial charge in [0.15, 0.2) is 0 Å². The van der Waals surface area contributed by atoms with E-state index in [1.165, 1.54) is 12.1 Å². The molecule has 7 heteroatoms. The molecule has 1 fully saturated rings. The number of aryl methyl sites for hydroxylation is 1. The Balaban J connectivity index is 1.91. The second kappa shape index (κ2) is 7.65. The number of hydrogen-bond acceptors (Lipinski definition) is 5. The molecule has 0 spiro atoms. The van der Waals surface area contributed by atoms with Crippen LogP contribution in [-0.2, 0) is 0 Å². The Kier molecular flexibility index (Phi) is 5.30. The van der Waals surface area contributed by atoms with Crippen molar-refractivity contribution in [1.29, 1.82) is 0 Å². The van der Waals surface area contributed by atoms with Crippen molar-refractivity contribution in [2.75, 3.05) is 20.8 Å². The Morgan fingerprint density at radius 1 is 1.19 bits per heavy atom. The zero-order valence-corrected chi connectivity index (χ0v) is 15.6. The fourth-order valence-electron chi connectivity index (χ4n) is 3.48. The van der Waals surface area contributed by atoms with Crippen LogP contribution in [0, 0.1) is 6.92 Å². The molecular formula is C20H22N2O5. The van der Waals surface area contributed by atoms with Crippen molar-refractivity contribution < 1.29 is 24.2 Å². The van der Waals surface area contributed by atoms with Gasteiger partial charge in [0.2, 0.25) is 0 Å². The molecule has 0 aliphatic carbocycles. The molecule has 2 aromatic rings. The van der Waals surface area contributed by atoms with Crippen molar-refractivity contribution in [2.45, 2.75) is 25.8 Å². The van der Waals surface area contributed by atoms with Gasteiger partial charge in [0.25, 0.3) is 5.91 Å². The number of carboxylic acids is 1. The first kappa shape index (κ1) is 18.7. The highest BCUT2D eigenvalue weighted by molar-refractivity contribution is 5.95. The Hall–Kier alpha value is -3.09. The second-order valence-corrected chi connectivity index (χ2v) is 6.40. The molecule has 27 heavy (non-hydrogen) atoms. The van der Waals surface area contributed by atoms with Gasteiger partial charge in [0.05, 0.1) is 31.5 Å². The van der Waals surface area contributed by atoms with Crippen LogP contribution < -0.4 is 9.47 Å². The lowest BCUT2D eigenvalue weighted by molar-refractivity contribution is 0.0689. The first-order chi connectivity index (χ1) is 13.0. The summed E-state index contributed by atoms with van der Waals surface area (Å²) >= 11 is 0. The van der Waals surface area contributed by atoms with E-state index >= 15 is 0 Å². The number of pyridine rings is 1. The van der Waals surface area contributed by atoms with E-state index in [0.29, 0.717) is 23.7 Å². The molecule has 2 heterocycles. The summed E-state index contributed by atoms with van der Waals surface area (Å²) in [5.41, 5.74) is 1.59. The molecule has 1 aromatic carbocycles. The van der Waals surface area contributed by atoms with Gasteiger partial charge < -0.3 is 19.5 Å². The summed E-state index contributed by atoms with van der Waals surface area (Å²) in [6, 6.07) is 8.35. The number of methoxy groups -OCH3 is 2. The zero-order chi connectivity index (χ0) is 19.6. The fraction of sp³-hybridized carbons (Fsp3) is 0.350. The van der Waals surface area contributed by atoms with Crippen molar-refractivity contribution in [3.63, 3.8) is 0 Å². The molecule has 1 amide bonds. The zero-order valence-electron chi connectivity index (χ0n) is 15.6. The third-order valence-electron chi connectivity index (χ3n) is 4.85. The summed E-state index contributed by atoms with van der Waals surface area (Å²) in [6.07, 6.45) is 1.69. The van der Waals surface area contributed by atoms with Crippen LogP contribution in [0.1, 0.15) is 51.0 Å². The molecule has 1 atom stereocenters. The number of likely N-dealkylation sites (tertiary alicyclic amines) is 1. The van der Waals surface area contributed by atoms with Crippen LogP contribution in [0.3, 0.4) is 0 Å². The van der Waals surface area contributed by atoms with Gasteiger partial charge in [-0.05, 0) is 44.0 Å². The minimum atomic E-state index is -1.05. The minimum absolute atomic E-state index is 0.0985. The van der Waals surface area contributed by atoms with Crippen molar-refractivity contribution >= 4 is 11.9 Å². The Morgan fingerprint density at radius 3 is 2.59 bits per heavy atom. The molecule has 3 rings (SSSR count). The molecule has 1 N–H and O–H groups in total. The van der Waals surface area contributed by atoms with Gasteiger partial charge in [-0.3, -0.25) is 4.79 Å². The van der Waals surface area contributed by atoms with Crippen LogP contribution in [-0.4, -0.2) is 47.6 Å². The Morgan fingerprint density at radius 2 is 1.96 bits per heavy atom. The Labute approximate surface area is 157 Å². The maximum Gasteiger partial charge on any atom is 0.337 e. The second-order valence-electron chi connectivity index (χ2n) is 6.40. The van der Waals surface area contributed by atoms with E-state index in [1.54, 1.807) is 32.1 Å². The number of carboxylic acid groups (broad SMARTS) is 1. The van der Waals surface area contributed by atoms with E-state index in [2.05, 4.69) is 4.98 Å². The number of benzene rings is 1. The molecule has 0 saturated carbocycles. The van der Waals surface area contributed by atoms with Crippen LogP contribution in [0.2, 0.25) is 0 Å². The van der Waals surface area contributed by atoms with Crippen LogP contribution in [0.25, 0.3) is 0 Å². The van der Waals surface area contributed by atoms with Crippen LogP contribution in [0.4, 0.5) is 0 Å². The summed E-state index contributed by atoms with van der Waals surface area (Å²) in [7, 11) is 3.18. The quantitative estimate of drug-likeness (QED) is 0.870. The molecule has 142 valence electrons. The largest absolute Gasteiger partial charge is 0.497 e. The van der Waals surface area contributed by atoms with Crippen LogP contribution in [0.5, 0.6) is 11.5 Å². The van der Waals surface area contributed by atoms with Crippen molar-refractivity contribution in [3.8, 4) is 11.5 Å². The Bertz CT molecular complexity index is 881. The topological polar surface area (TPSA) is 89.0 Å². The molecule has 1 aliphatic rings. The number of carbonyl (C=O) groups is 2. The van der Waals surface area contributed by atoms with E-state index in [-0.39, 0.29) is 23.2 Å². The van der Waals surface area contributed by atoms with E-state index < -0.39 is 5.97 Å². The fourth-order valence-corrected chi connectivity index (χ4v) is 3.48. The van der Waals surface area contributed by atoms with Crippen LogP contribution >= 0.6 is 0 Å². The average molecular weight is 370 g/mol. The lowest BCUT2D eigenvalue weighted by Crippen LogP contribution is -2.31. The van der Waals surface area contributed by atoms with Gasteiger partial charge in [0.1, 0.15) is 17.2 Å². The number of aromatic carboxylic acids is 1. The number of aromatic nitrogens is 1. The summed E-state index contributed by atoms with van der Waals surface area (Å²) in [5, 5.41) is 9.14. The molecule has 1 aromatic heterocycles. The van der Waals surface area contributed by atoms with Crippen molar-refractivity contribution in [2.24, 2.45) is 0 Å². The minimum Gasteiger partial charge on any atom is -0.497 e. The highest BCUT2D eigenvalue weighted by Crippen LogP contribution is 2.39. The standard InChI is InChI=1S/C20H22N2O5/c1-12-14(20(24)25)8-9-16(21-12)19(23)22-10-4-5-17(22)15-7-6-13(26-2)11-18(15)27-3/h6-9,11,17H,4-5,10H2,1-3H3,(H,24,25). The van der Waals surface area contributed by atoms with Gasteiger partial charge >= 0.3 is 5.97 Å². The average Bonchev–Trinajstić information content (AvgIpc) is 3.15. The highest BCUT2D eigenvalue weighted by atomic mass is 16.5. The third kappa shape index (κ3) is 3.58. The molecular weight excluding hydrogens is 348 g/mol. The van der Waals surface area contributed by atoms with Crippen molar-refractivity contribution in [1.82, 2.24) is 9.88 Å². The predicted molar refractivity (Wildman–Crippen MR) is 98.5 cm³/mol. The van der Waals surface area contributed by atoms with Gasteiger partial charge in [-0.1, -0.05) is 0 Å². The SMILES string of the molecule is COc1ccc(C2CCCN2C(=O)c2ccc(C(=O)O)c(C)n2)c(OC)c1. The smallest absolute Gasteiger partial charge is 0.337 e. The van der Waals surface area contributed by atoms with Gasteiger partial charge in [-0.25, -0.2) is 9.78 Å². The summed E-state index contributed by atoms with van der Waals surface area (Å²) < 4.78 is 10.7. The van der Waals surface area contributed by atoms with Gasteiger partial charge in [0, 0.05) is 18.2 Å². The lowest BCUT2D eigenvalue weighted by atomic mass is 10.0. The maximum absolute atomic E-state index is 13.0. The van der Waals surface area contributed by atoms with Gasteiger partial charge in [-0.15, -0.1) is 0 Å². The molecule has 0 bridgehead atoms. The van der Waals surface area contributed by atoms with E-state index in [4.69, 9.17) is 14.6 Å².